The minimum atomic E-state index is -0.506. The molecule has 2 N–H and O–H groups in total. The van der Waals surface area contributed by atoms with Gasteiger partial charge in [0.2, 0.25) is 0 Å². The lowest BCUT2D eigenvalue weighted by Crippen LogP contribution is -2.49. The van der Waals surface area contributed by atoms with Gasteiger partial charge in [-0.05, 0) is 74.9 Å². The molecule has 1 aliphatic rings. The number of nitrogens with two attached hydrogens (primary N) is 1. The van der Waals surface area contributed by atoms with Gasteiger partial charge in [0.1, 0.15) is 22.8 Å². The molecule has 5 heterocycles. The van der Waals surface area contributed by atoms with E-state index in [0.29, 0.717) is 52.8 Å². The molecule has 0 bridgehead atoms. The molecule has 4 aromatic heterocycles. The zero-order valence-electron chi connectivity index (χ0n) is 24.4. The van der Waals surface area contributed by atoms with Gasteiger partial charge in [-0.25, -0.2) is 24.1 Å². The fourth-order valence-electron chi connectivity index (χ4n) is 5.08. The van der Waals surface area contributed by atoms with Crippen LogP contribution in [0.3, 0.4) is 0 Å². The summed E-state index contributed by atoms with van der Waals surface area (Å²) in [6.07, 6.45) is 2.56. The van der Waals surface area contributed by atoms with Crippen molar-refractivity contribution in [3.05, 3.63) is 84.4 Å². The molecule has 220 valence electrons. The molecule has 0 unspecified atom stereocenters. The third-order valence-electron chi connectivity index (χ3n) is 7.20. The van der Waals surface area contributed by atoms with Crippen LogP contribution in [0.1, 0.15) is 26.3 Å². The number of fused-ring (bicyclic) bond motifs is 1. The standard InChI is InChI=1S/C32H33FN8O2/c1-32(2,3)43-31(42)40-17-15-39(16-18-40)20-21-6-9-23(10-7-21)41-29(24-5-4-14-35-28(24)34)38-27-13-12-26(37-30(27)41)25-11-8-22(33)19-36-25/h4-14,19H,15-18,20H2,1-3H3,(H2,34,35). The maximum atomic E-state index is 13.5. The molecule has 1 aliphatic heterocycles. The largest absolute Gasteiger partial charge is 0.444 e. The summed E-state index contributed by atoms with van der Waals surface area (Å²) in [6.45, 7) is 9.18. The van der Waals surface area contributed by atoms with Gasteiger partial charge in [-0.3, -0.25) is 14.5 Å². The van der Waals surface area contributed by atoms with Gasteiger partial charge in [0.05, 0.1) is 23.1 Å². The summed E-state index contributed by atoms with van der Waals surface area (Å²) in [5.41, 5.74) is 10.9. The van der Waals surface area contributed by atoms with Crippen molar-refractivity contribution in [3.63, 3.8) is 0 Å². The molecule has 0 spiro atoms. The first-order chi connectivity index (χ1) is 20.6. The second kappa shape index (κ2) is 11.4. The summed E-state index contributed by atoms with van der Waals surface area (Å²) < 4.78 is 21.0. The van der Waals surface area contributed by atoms with Crippen LogP contribution in [0.2, 0.25) is 0 Å². The number of aromatic nitrogens is 5. The van der Waals surface area contributed by atoms with Crippen molar-refractivity contribution in [3.8, 4) is 28.5 Å². The lowest BCUT2D eigenvalue weighted by Gasteiger charge is -2.35. The highest BCUT2D eigenvalue weighted by atomic mass is 19.1. The first-order valence-corrected chi connectivity index (χ1v) is 14.2. The predicted molar refractivity (Wildman–Crippen MR) is 163 cm³/mol. The van der Waals surface area contributed by atoms with Crippen molar-refractivity contribution < 1.29 is 13.9 Å². The molecule has 6 rings (SSSR count). The number of carbonyl (C=O) groups excluding carboxylic acids is 1. The highest BCUT2D eigenvalue weighted by Gasteiger charge is 2.26. The van der Waals surface area contributed by atoms with E-state index < -0.39 is 11.4 Å². The number of nitrogens with zero attached hydrogens (tertiary/aromatic N) is 7. The van der Waals surface area contributed by atoms with Crippen molar-refractivity contribution in [1.29, 1.82) is 0 Å². The van der Waals surface area contributed by atoms with Gasteiger partial charge in [-0.2, -0.15) is 0 Å². The Bertz CT molecular complexity index is 1760. The summed E-state index contributed by atoms with van der Waals surface area (Å²) in [5.74, 6) is 0.569. The van der Waals surface area contributed by atoms with E-state index in [0.717, 1.165) is 30.9 Å². The first kappa shape index (κ1) is 28.2. The van der Waals surface area contributed by atoms with Gasteiger partial charge in [0.15, 0.2) is 11.5 Å². The van der Waals surface area contributed by atoms with Crippen LogP contribution in [0.4, 0.5) is 15.0 Å². The van der Waals surface area contributed by atoms with Crippen LogP contribution in [0.15, 0.2) is 73.1 Å². The molecule has 1 saturated heterocycles. The number of hydrogen-bond acceptors (Lipinski definition) is 8. The molecule has 1 aromatic carbocycles. The number of carbonyl (C=O) groups is 1. The number of nitrogen functional groups attached to an aromatic ring is 1. The van der Waals surface area contributed by atoms with Crippen LogP contribution < -0.4 is 5.73 Å². The van der Waals surface area contributed by atoms with Crippen molar-refractivity contribution in [2.45, 2.75) is 32.9 Å². The summed E-state index contributed by atoms with van der Waals surface area (Å²) >= 11 is 0. The van der Waals surface area contributed by atoms with Crippen LogP contribution >= 0.6 is 0 Å². The van der Waals surface area contributed by atoms with Crippen molar-refractivity contribution in [2.75, 3.05) is 31.9 Å². The number of piperazine rings is 1. The normalized spacial score (nSPS) is 14.3. The van der Waals surface area contributed by atoms with Gasteiger partial charge >= 0.3 is 6.09 Å². The van der Waals surface area contributed by atoms with Gasteiger partial charge in [0, 0.05) is 44.6 Å². The Labute approximate surface area is 249 Å². The number of halogens is 1. The average Bonchev–Trinajstić information content (AvgIpc) is 3.36. The first-order valence-electron chi connectivity index (χ1n) is 14.2. The molecule has 1 amide bonds. The molecule has 5 aromatic rings. The molecule has 0 aliphatic carbocycles. The highest BCUT2D eigenvalue weighted by Crippen LogP contribution is 2.31. The van der Waals surface area contributed by atoms with Crippen LogP contribution in [-0.2, 0) is 11.3 Å². The Hall–Kier alpha value is -4.90. The molecule has 0 radical (unpaired) electrons. The van der Waals surface area contributed by atoms with E-state index in [4.69, 9.17) is 20.4 Å². The van der Waals surface area contributed by atoms with Gasteiger partial charge in [-0.1, -0.05) is 12.1 Å². The second-order valence-corrected chi connectivity index (χ2v) is 11.5. The number of rotatable bonds is 5. The van der Waals surface area contributed by atoms with Crippen LogP contribution in [-0.4, -0.2) is 72.2 Å². The number of amides is 1. The number of anilines is 1. The maximum absolute atomic E-state index is 13.5. The number of hydrogen-bond donors (Lipinski definition) is 1. The van der Waals surface area contributed by atoms with E-state index in [-0.39, 0.29) is 6.09 Å². The lowest BCUT2D eigenvalue weighted by molar-refractivity contribution is 0.0139. The summed E-state index contributed by atoms with van der Waals surface area (Å²) in [6, 6.07) is 18.6. The minimum Gasteiger partial charge on any atom is -0.444 e. The van der Waals surface area contributed by atoms with Crippen molar-refractivity contribution >= 4 is 23.1 Å². The molecular weight excluding hydrogens is 547 g/mol. The topological polar surface area (TPSA) is 115 Å². The molecular formula is C32H33FN8O2. The van der Waals surface area contributed by atoms with E-state index in [2.05, 4.69) is 27.0 Å². The summed E-state index contributed by atoms with van der Waals surface area (Å²) in [7, 11) is 0. The van der Waals surface area contributed by atoms with E-state index in [1.807, 2.05) is 61.7 Å². The van der Waals surface area contributed by atoms with Crippen molar-refractivity contribution in [1.82, 2.24) is 34.3 Å². The Morgan fingerprint density at radius 1 is 0.930 bits per heavy atom. The van der Waals surface area contributed by atoms with Crippen LogP contribution in [0.5, 0.6) is 0 Å². The van der Waals surface area contributed by atoms with Gasteiger partial charge < -0.3 is 15.4 Å². The number of benzene rings is 1. The quantitative estimate of drug-likeness (QED) is 0.297. The Morgan fingerprint density at radius 2 is 1.67 bits per heavy atom. The third kappa shape index (κ3) is 6.17. The monoisotopic (exact) mass is 580 g/mol. The molecule has 0 atom stereocenters. The average molecular weight is 581 g/mol. The van der Waals surface area contributed by atoms with Crippen LogP contribution in [0.25, 0.3) is 39.6 Å². The molecule has 0 saturated carbocycles. The van der Waals surface area contributed by atoms with Gasteiger partial charge in [0.25, 0.3) is 0 Å². The van der Waals surface area contributed by atoms with E-state index in [1.165, 1.54) is 12.3 Å². The Kier molecular flexibility index (Phi) is 7.49. The van der Waals surface area contributed by atoms with E-state index in [1.54, 1.807) is 17.2 Å². The van der Waals surface area contributed by atoms with E-state index >= 15 is 0 Å². The molecule has 11 heteroatoms. The number of imidazole rings is 1. The fourth-order valence-corrected chi connectivity index (χ4v) is 5.08. The maximum Gasteiger partial charge on any atom is 0.410 e. The fraction of sp³-hybridized carbons (Fsp3) is 0.281. The van der Waals surface area contributed by atoms with Gasteiger partial charge in [-0.15, -0.1) is 0 Å². The number of ether oxygens (including phenoxy) is 1. The SMILES string of the molecule is CC(C)(C)OC(=O)N1CCN(Cc2ccc(-n3c(-c4cccnc4N)nc4ccc(-c5ccc(F)cn5)nc43)cc2)CC1. The summed E-state index contributed by atoms with van der Waals surface area (Å²) in [4.78, 5) is 34.8. The molecule has 10 nitrogen and oxygen atoms in total. The smallest absolute Gasteiger partial charge is 0.410 e. The Balaban J connectivity index is 1.28. The third-order valence-corrected chi connectivity index (χ3v) is 7.20. The van der Waals surface area contributed by atoms with E-state index in [9.17, 15) is 9.18 Å². The lowest BCUT2D eigenvalue weighted by atomic mass is 10.1. The molecule has 1 fully saturated rings. The molecule has 43 heavy (non-hydrogen) atoms. The van der Waals surface area contributed by atoms with Crippen LogP contribution in [0, 0.1) is 5.82 Å². The Morgan fingerprint density at radius 3 is 2.35 bits per heavy atom. The van der Waals surface area contributed by atoms with Crippen molar-refractivity contribution in [2.24, 2.45) is 0 Å². The minimum absolute atomic E-state index is 0.263. The second-order valence-electron chi connectivity index (χ2n) is 11.5. The zero-order valence-corrected chi connectivity index (χ0v) is 24.4. The number of pyridine rings is 3. The predicted octanol–water partition coefficient (Wildman–Crippen LogP) is 5.32. The zero-order chi connectivity index (χ0) is 30.1. The highest BCUT2D eigenvalue weighted by molar-refractivity contribution is 5.84. The summed E-state index contributed by atoms with van der Waals surface area (Å²) in [5, 5.41) is 0.